The molecule has 4 aromatic rings. The predicted octanol–water partition coefficient (Wildman–Crippen LogP) is 4.17. The molecule has 9 nitrogen and oxygen atoms in total. The summed E-state index contributed by atoms with van der Waals surface area (Å²) < 4.78 is 37.6. The van der Waals surface area contributed by atoms with Gasteiger partial charge in [-0.3, -0.25) is 0 Å². The van der Waals surface area contributed by atoms with E-state index in [2.05, 4.69) is 36.2 Å². The number of hydrogen-bond donors (Lipinski definition) is 4. The van der Waals surface area contributed by atoms with Gasteiger partial charge in [0.1, 0.15) is 11.6 Å². The Bertz CT molecular complexity index is 1570. The largest absolute Gasteiger partial charge is 0.495 e. The van der Waals surface area contributed by atoms with Crippen molar-refractivity contribution in [2.24, 2.45) is 0 Å². The van der Waals surface area contributed by atoms with Crippen LogP contribution in [0.25, 0.3) is 22.2 Å². The number of halogens is 2. The van der Waals surface area contributed by atoms with Gasteiger partial charge in [-0.25, -0.2) is 18.6 Å². The highest BCUT2D eigenvalue weighted by Gasteiger charge is 2.22. The first-order chi connectivity index (χ1) is 17.2. The van der Waals surface area contributed by atoms with Crippen LogP contribution >= 0.6 is 11.6 Å². The van der Waals surface area contributed by atoms with Crippen molar-refractivity contribution in [2.45, 2.75) is 11.5 Å². The zero-order valence-corrected chi connectivity index (χ0v) is 21.3. The quantitative estimate of drug-likeness (QED) is 0.250. The minimum Gasteiger partial charge on any atom is -0.495 e. The number of nitrogens with zero attached hydrogens (tertiary/aromatic N) is 3. The monoisotopic (exact) mass is 530 g/mol. The molecule has 2 heterocycles. The van der Waals surface area contributed by atoms with Crippen LogP contribution in [0.5, 0.6) is 5.75 Å². The van der Waals surface area contributed by atoms with E-state index < -0.39 is 22.1 Å². The lowest BCUT2D eigenvalue weighted by molar-refractivity contribution is 0.272. The number of nitrogens with one attached hydrogen (secondary N) is 3. The molecule has 0 fully saturated rings. The smallest absolute Gasteiger partial charge is 0.224 e. The van der Waals surface area contributed by atoms with Gasteiger partial charge in [0.15, 0.2) is 11.5 Å². The molecule has 0 aliphatic carbocycles. The summed E-state index contributed by atoms with van der Waals surface area (Å²) in [6.45, 7) is -0.391. The van der Waals surface area contributed by atoms with Crippen molar-refractivity contribution in [3.63, 3.8) is 0 Å². The number of fused-ring (bicyclic) bond motifs is 1. The number of rotatable bonds is 8. The SMILES string of the molecule is C=S(=O)(Nc1cccc(-c2cc3cnc(NC)nc3nc2NC)c1F)c1cc(Cl)cc(CO)c1OC. The zero-order valence-electron chi connectivity index (χ0n) is 19.7. The molecule has 1 unspecified atom stereocenters. The fraction of sp³-hybridized carbons (Fsp3) is 0.167. The minimum absolute atomic E-state index is 0.0518. The number of benzene rings is 2. The Morgan fingerprint density at radius 1 is 1.17 bits per heavy atom. The molecule has 0 spiro atoms. The average Bonchev–Trinajstić information content (AvgIpc) is 2.88. The van der Waals surface area contributed by atoms with E-state index in [1.165, 1.54) is 25.3 Å². The summed E-state index contributed by atoms with van der Waals surface area (Å²) in [6, 6.07) is 9.29. The Kier molecular flexibility index (Phi) is 7.16. The Balaban J connectivity index is 1.81. The number of aliphatic hydroxyl groups is 1. The molecule has 2 aromatic carbocycles. The topological polar surface area (TPSA) is 121 Å². The average molecular weight is 531 g/mol. The van der Waals surface area contributed by atoms with E-state index in [1.54, 1.807) is 38.5 Å². The first-order valence-corrected chi connectivity index (χ1v) is 12.8. The molecule has 0 saturated heterocycles. The van der Waals surface area contributed by atoms with E-state index in [-0.39, 0.29) is 26.9 Å². The van der Waals surface area contributed by atoms with E-state index >= 15 is 4.39 Å². The molecule has 0 saturated carbocycles. The number of hydrogen-bond acceptors (Lipinski definition) is 8. The van der Waals surface area contributed by atoms with E-state index in [4.69, 9.17) is 16.3 Å². The van der Waals surface area contributed by atoms with Crippen molar-refractivity contribution in [1.29, 1.82) is 0 Å². The van der Waals surface area contributed by atoms with Gasteiger partial charge in [-0.1, -0.05) is 23.7 Å². The maximum atomic E-state index is 15.8. The van der Waals surface area contributed by atoms with Crippen molar-refractivity contribution in [3.05, 3.63) is 59.0 Å². The molecule has 1 atom stereocenters. The van der Waals surface area contributed by atoms with Gasteiger partial charge in [-0.2, -0.15) is 4.98 Å². The third-order valence-corrected chi connectivity index (χ3v) is 7.20. The van der Waals surface area contributed by atoms with Crippen molar-refractivity contribution in [3.8, 4) is 16.9 Å². The Labute approximate surface area is 212 Å². The molecule has 0 radical (unpaired) electrons. The van der Waals surface area contributed by atoms with E-state index in [1.807, 2.05) is 0 Å². The molecule has 36 heavy (non-hydrogen) atoms. The van der Waals surface area contributed by atoms with Gasteiger partial charge in [0, 0.05) is 47.4 Å². The number of anilines is 3. The van der Waals surface area contributed by atoms with Crippen LogP contribution in [0.4, 0.5) is 21.8 Å². The Morgan fingerprint density at radius 3 is 2.61 bits per heavy atom. The van der Waals surface area contributed by atoms with Gasteiger partial charge in [-0.05, 0) is 30.1 Å². The second kappa shape index (κ2) is 10.1. The minimum atomic E-state index is -3.36. The van der Waals surface area contributed by atoms with E-state index in [0.717, 1.165) is 0 Å². The molecular weight excluding hydrogens is 507 g/mol. The summed E-state index contributed by atoms with van der Waals surface area (Å²) in [6.07, 6.45) is 1.59. The van der Waals surface area contributed by atoms with Crippen LogP contribution in [0.3, 0.4) is 0 Å². The van der Waals surface area contributed by atoms with Gasteiger partial charge in [0.2, 0.25) is 5.95 Å². The van der Waals surface area contributed by atoms with Crippen LogP contribution in [0.2, 0.25) is 5.02 Å². The summed E-state index contributed by atoms with van der Waals surface area (Å²) in [5, 5.41) is 16.3. The van der Waals surface area contributed by atoms with Gasteiger partial charge in [0.05, 0.1) is 34.0 Å². The zero-order chi connectivity index (χ0) is 26.0. The van der Waals surface area contributed by atoms with Crippen molar-refractivity contribution in [1.82, 2.24) is 15.0 Å². The van der Waals surface area contributed by atoms with Crippen molar-refractivity contribution in [2.75, 3.05) is 36.6 Å². The highest BCUT2D eigenvalue weighted by atomic mass is 35.5. The third kappa shape index (κ3) is 4.72. The highest BCUT2D eigenvalue weighted by molar-refractivity contribution is 8.01. The van der Waals surface area contributed by atoms with Crippen LogP contribution in [0.1, 0.15) is 5.56 Å². The van der Waals surface area contributed by atoms with Crippen molar-refractivity contribution < 1.29 is 18.4 Å². The Morgan fingerprint density at radius 2 is 1.94 bits per heavy atom. The van der Waals surface area contributed by atoms with Gasteiger partial charge in [0.25, 0.3) is 0 Å². The number of aromatic nitrogens is 3. The summed E-state index contributed by atoms with van der Waals surface area (Å²) in [5.41, 5.74) is 1.39. The van der Waals surface area contributed by atoms with Crippen LogP contribution in [0, 0.1) is 5.82 Å². The van der Waals surface area contributed by atoms with Crippen LogP contribution in [-0.4, -0.2) is 51.3 Å². The van der Waals surface area contributed by atoms with Crippen molar-refractivity contribution >= 4 is 55.7 Å². The van der Waals surface area contributed by atoms with Crippen LogP contribution in [-0.2, 0) is 16.3 Å². The molecule has 188 valence electrons. The molecule has 2 aromatic heterocycles. The first kappa shape index (κ1) is 25.4. The molecule has 4 rings (SSSR count). The lowest BCUT2D eigenvalue weighted by Gasteiger charge is -2.19. The van der Waals surface area contributed by atoms with E-state index in [9.17, 15) is 9.32 Å². The van der Waals surface area contributed by atoms with E-state index in [0.29, 0.717) is 33.9 Å². The highest BCUT2D eigenvalue weighted by Crippen LogP contribution is 2.36. The maximum absolute atomic E-state index is 15.8. The maximum Gasteiger partial charge on any atom is 0.224 e. The Hall–Kier alpha value is -3.67. The normalized spacial score (nSPS) is 12.7. The molecule has 4 N–H and O–H groups in total. The second-order valence-corrected chi connectivity index (χ2v) is 10.1. The summed E-state index contributed by atoms with van der Waals surface area (Å²) in [5.74, 6) is 4.08. The predicted molar refractivity (Wildman–Crippen MR) is 143 cm³/mol. The second-order valence-electron chi connectivity index (χ2n) is 7.69. The molecular formula is C24H24ClFN6O3S. The van der Waals surface area contributed by atoms with Gasteiger partial charge >= 0.3 is 0 Å². The molecule has 0 aliphatic rings. The number of ether oxygens (including phenoxy) is 1. The number of methoxy groups -OCH3 is 1. The standard InChI is InChI=1S/C24H24ClFN6O3S/c1-27-23-17(9-13-11-29-24(28-2)31-22(13)30-23)16-6-5-7-18(20(16)26)32-36(4,34)19-10-15(25)8-14(12-33)21(19)35-3/h5-11,33H,4,12H2,1-3H3,(H,32,34)(H2,27,28,29,30,31). The number of aliphatic hydroxyl groups excluding tert-OH is 1. The first-order valence-electron chi connectivity index (χ1n) is 10.7. The fourth-order valence-electron chi connectivity index (χ4n) is 3.75. The van der Waals surface area contributed by atoms with Crippen LogP contribution < -0.4 is 20.1 Å². The third-order valence-electron chi connectivity index (χ3n) is 5.42. The molecule has 12 heteroatoms. The number of pyridine rings is 1. The lowest BCUT2D eigenvalue weighted by atomic mass is 10.0. The fourth-order valence-corrected chi connectivity index (χ4v) is 5.51. The van der Waals surface area contributed by atoms with Crippen LogP contribution in [0.15, 0.2) is 47.5 Å². The summed E-state index contributed by atoms with van der Waals surface area (Å²) >= 11 is 6.15. The summed E-state index contributed by atoms with van der Waals surface area (Å²) in [4.78, 5) is 13.1. The van der Waals surface area contributed by atoms with Gasteiger partial charge < -0.3 is 25.2 Å². The molecule has 0 amide bonds. The van der Waals surface area contributed by atoms with Gasteiger partial charge in [-0.15, -0.1) is 0 Å². The molecule has 0 bridgehead atoms. The summed E-state index contributed by atoms with van der Waals surface area (Å²) in [7, 11) is 1.39. The lowest BCUT2D eigenvalue weighted by Crippen LogP contribution is -2.16. The molecule has 0 aliphatic heterocycles.